The molecule has 1 amide bonds. The lowest BCUT2D eigenvalue weighted by molar-refractivity contribution is -0.124. The Balaban J connectivity index is 1.82. The van der Waals surface area contributed by atoms with Crippen molar-refractivity contribution in [3.63, 3.8) is 0 Å². The predicted octanol–water partition coefficient (Wildman–Crippen LogP) is 2.93. The molecule has 0 saturated heterocycles. The van der Waals surface area contributed by atoms with Crippen molar-refractivity contribution in [2.75, 3.05) is 13.7 Å². The summed E-state index contributed by atoms with van der Waals surface area (Å²) in [5, 5.41) is 2.70. The maximum atomic E-state index is 11.9. The van der Waals surface area contributed by atoms with Crippen molar-refractivity contribution < 1.29 is 19.1 Å². The molecule has 2 aromatic rings. The predicted molar refractivity (Wildman–Crippen MR) is 89.3 cm³/mol. The number of nitrogens with one attached hydrogen (secondary N) is 1. The second-order valence-electron chi connectivity index (χ2n) is 4.68. The van der Waals surface area contributed by atoms with Gasteiger partial charge in [0.1, 0.15) is 5.75 Å². The molecule has 120 valence electrons. The van der Waals surface area contributed by atoms with E-state index in [4.69, 9.17) is 9.47 Å². The van der Waals surface area contributed by atoms with E-state index in [2.05, 4.69) is 21.2 Å². The van der Waals surface area contributed by atoms with E-state index in [0.29, 0.717) is 17.9 Å². The van der Waals surface area contributed by atoms with Gasteiger partial charge in [-0.05, 0) is 29.8 Å². The minimum atomic E-state index is -0.569. The molecule has 6 heteroatoms. The molecule has 0 atom stereocenters. The number of rotatable bonds is 6. The van der Waals surface area contributed by atoms with Crippen LogP contribution in [-0.4, -0.2) is 25.6 Å². The molecule has 0 radical (unpaired) electrons. The minimum absolute atomic E-state index is 0.333. The average Bonchev–Trinajstić information content (AvgIpc) is 2.59. The zero-order valence-electron chi connectivity index (χ0n) is 12.5. The molecule has 0 fully saturated rings. The Labute approximate surface area is 142 Å². The van der Waals surface area contributed by atoms with Crippen LogP contribution in [0.2, 0.25) is 0 Å². The highest BCUT2D eigenvalue weighted by atomic mass is 79.9. The molecule has 0 heterocycles. The molecular formula is C17H16BrNO4. The molecule has 0 aliphatic rings. The maximum absolute atomic E-state index is 11.9. The van der Waals surface area contributed by atoms with E-state index >= 15 is 0 Å². The Morgan fingerprint density at radius 3 is 2.65 bits per heavy atom. The minimum Gasteiger partial charge on any atom is -0.497 e. The van der Waals surface area contributed by atoms with Gasteiger partial charge in [0, 0.05) is 11.0 Å². The highest BCUT2D eigenvalue weighted by Crippen LogP contribution is 2.15. The highest BCUT2D eigenvalue weighted by Gasteiger charge is 2.11. The molecule has 0 aliphatic heterocycles. The molecule has 0 aliphatic carbocycles. The number of hydrogen-bond acceptors (Lipinski definition) is 4. The van der Waals surface area contributed by atoms with E-state index in [9.17, 15) is 9.59 Å². The molecule has 2 aromatic carbocycles. The van der Waals surface area contributed by atoms with Gasteiger partial charge < -0.3 is 14.8 Å². The van der Waals surface area contributed by atoms with Crippen LogP contribution >= 0.6 is 15.9 Å². The van der Waals surface area contributed by atoms with Gasteiger partial charge in [0.25, 0.3) is 5.91 Å². The van der Waals surface area contributed by atoms with Crippen LogP contribution in [0, 0.1) is 0 Å². The average molecular weight is 378 g/mol. The van der Waals surface area contributed by atoms with Gasteiger partial charge >= 0.3 is 5.97 Å². The van der Waals surface area contributed by atoms with Crippen molar-refractivity contribution in [2.45, 2.75) is 6.54 Å². The maximum Gasteiger partial charge on any atom is 0.338 e. The first-order valence-corrected chi connectivity index (χ1v) is 7.70. The van der Waals surface area contributed by atoms with Gasteiger partial charge in [-0.1, -0.05) is 40.2 Å². The van der Waals surface area contributed by atoms with Gasteiger partial charge in [-0.3, -0.25) is 4.79 Å². The van der Waals surface area contributed by atoms with Crippen LogP contribution in [0.1, 0.15) is 15.9 Å². The number of methoxy groups -OCH3 is 1. The van der Waals surface area contributed by atoms with E-state index in [1.54, 1.807) is 24.3 Å². The number of esters is 1. The molecule has 0 saturated carbocycles. The molecule has 0 unspecified atom stereocenters. The Hall–Kier alpha value is -2.34. The van der Waals surface area contributed by atoms with Gasteiger partial charge in [0.05, 0.1) is 12.7 Å². The zero-order chi connectivity index (χ0) is 16.7. The van der Waals surface area contributed by atoms with Gasteiger partial charge in [0.2, 0.25) is 0 Å². The normalized spacial score (nSPS) is 10.0. The molecule has 5 nitrogen and oxygen atoms in total. The number of ether oxygens (including phenoxy) is 2. The Morgan fingerprint density at radius 2 is 1.91 bits per heavy atom. The van der Waals surface area contributed by atoms with E-state index in [-0.39, 0.29) is 12.5 Å². The summed E-state index contributed by atoms with van der Waals surface area (Å²) in [5.74, 6) is -0.380. The summed E-state index contributed by atoms with van der Waals surface area (Å²) in [6.07, 6.45) is 0. The summed E-state index contributed by atoms with van der Waals surface area (Å²) in [6.45, 7) is 0.0253. The number of benzene rings is 2. The van der Waals surface area contributed by atoms with Gasteiger partial charge in [0.15, 0.2) is 6.61 Å². The molecule has 0 aromatic heterocycles. The fourth-order valence-electron chi connectivity index (χ4n) is 1.85. The molecule has 0 bridgehead atoms. The fourth-order valence-corrected chi connectivity index (χ4v) is 2.28. The smallest absolute Gasteiger partial charge is 0.338 e. The number of carbonyl (C=O) groups is 2. The summed E-state index contributed by atoms with van der Waals surface area (Å²) >= 11 is 3.40. The number of amides is 1. The molecule has 23 heavy (non-hydrogen) atoms. The summed E-state index contributed by atoms with van der Waals surface area (Å²) in [6, 6.07) is 14.1. The largest absolute Gasteiger partial charge is 0.497 e. The first-order chi connectivity index (χ1) is 11.1. The van der Waals surface area contributed by atoms with E-state index in [1.165, 1.54) is 7.11 Å². The lowest BCUT2D eigenvalue weighted by atomic mass is 10.2. The second kappa shape index (κ2) is 8.33. The number of hydrogen-bond donors (Lipinski definition) is 1. The van der Waals surface area contributed by atoms with Crippen molar-refractivity contribution >= 4 is 27.8 Å². The van der Waals surface area contributed by atoms with Crippen LogP contribution in [0.3, 0.4) is 0 Å². The van der Waals surface area contributed by atoms with Crippen molar-refractivity contribution in [3.05, 3.63) is 64.1 Å². The van der Waals surface area contributed by atoms with Crippen LogP contribution in [-0.2, 0) is 16.1 Å². The van der Waals surface area contributed by atoms with Gasteiger partial charge in [-0.15, -0.1) is 0 Å². The second-order valence-corrected chi connectivity index (χ2v) is 5.53. The number of halogens is 1. The third kappa shape index (κ3) is 5.10. The fraction of sp³-hybridized carbons (Fsp3) is 0.176. The van der Waals surface area contributed by atoms with Crippen LogP contribution in [0.15, 0.2) is 53.0 Å². The Kier molecular flexibility index (Phi) is 6.17. The zero-order valence-corrected chi connectivity index (χ0v) is 14.1. The molecule has 2 rings (SSSR count). The summed E-state index contributed by atoms with van der Waals surface area (Å²) in [4.78, 5) is 23.6. The quantitative estimate of drug-likeness (QED) is 0.786. The highest BCUT2D eigenvalue weighted by molar-refractivity contribution is 9.10. The van der Waals surface area contributed by atoms with E-state index in [0.717, 1.165) is 10.0 Å². The summed E-state index contributed by atoms with van der Waals surface area (Å²) in [5.41, 5.74) is 1.28. The lowest BCUT2D eigenvalue weighted by Gasteiger charge is -2.08. The summed E-state index contributed by atoms with van der Waals surface area (Å²) < 4.78 is 10.9. The van der Waals surface area contributed by atoms with E-state index in [1.807, 2.05) is 24.3 Å². The van der Waals surface area contributed by atoms with Crippen molar-refractivity contribution in [1.29, 1.82) is 0 Å². The van der Waals surface area contributed by atoms with Crippen molar-refractivity contribution in [3.8, 4) is 5.75 Å². The topological polar surface area (TPSA) is 64.6 Å². The first-order valence-electron chi connectivity index (χ1n) is 6.91. The monoisotopic (exact) mass is 377 g/mol. The summed E-state index contributed by atoms with van der Waals surface area (Å²) in [7, 11) is 1.51. The standard InChI is InChI=1S/C17H16BrNO4/c1-22-14-7-4-6-12(9-14)17(21)23-11-16(20)19-10-13-5-2-3-8-15(13)18/h2-9H,10-11H2,1H3,(H,19,20). The van der Waals surface area contributed by atoms with Crippen LogP contribution < -0.4 is 10.1 Å². The van der Waals surface area contributed by atoms with Crippen molar-refractivity contribution in [1.82, 2.24) is 5.32 Å². The third-order valence-corrected chi connectivity index (χ3v) is 3.85. The van der Waals surface area contributed by atoms with Crippen LogP contribution in [0.25, 0.3) is 0 Å². The van der Waals surface area contributed by atoms with Crippen LogP contribution in [0.4, 0.5) is 0 Å². The SMILES string of the molecule is COc1cccc(C(=O)OCC(=O)NCc2ccccc2Br)c1. The first kappa shape index (κ1) is 17.0. The van der Waals surface area contributed by atoms with Gasteiger partial charge in [-0.25, -0.2) is 4.79 Å². The number of carbonyl (C=O) groups excluding carboxylic acids is 2. The Bertz CT molecular complexity index is 702. The molecule has 0 spiro atoms. The van der Waals surface area contributed by atoms with Crippen molar-refractivity contribution in [2.24, 2.45) is 0 Å². The van der Waals surface area contributed by atoms with Crippen LogP contribution in [0.5, 0.6) is 5.75 Å². The third-order valence-electron chi connectivity index (χ3n) is 3.07. The molecule has 1 N–H and O–H groups in total. The lowest BCUT2D eigenvalue weighted by Crippen LogP contribution is -2.28. The molecular weight excluding hydrogens is 362 g/mol. The van der Waals surface area contributed by atoms with Gasteiger partial charge in [-0.2, -0.15) is 0 Å². The Morgan fingerprint density at radius 1 is 1.13 bits per heavy atom. The van der Waals surface area contributed by atoms with E-state index < -0.39 is 5.97 Å².